The number of likely N-dealkylation sites (tertiary alicyclic amines) is 1. The summed E-state index contributed by atoms with van der Waals surface area (Å²) in [5, 5.41) is 3.47. The lowest BCUT2D eigenvalue weighted by atomic mass is 10.0. The number of hydrogen-bond acceptors (Lipinski definition) is 8. The van der Waals surface area contributed by atoms with Gasteiger partial charge in [0.15, 0.2) is 9.84 Å². The van der Waals surface area contributed by atoms with Crippen LogP contribution < -0.4 is 14.5 Å². The highest BCUT2D eigenvalue weighted by Gasteiger charge is 2.39. The van der Waals surface area contributed by atoms with Crippen LogP contribution in [0.15, 0.2) is 48.4 Å². The van der Waals surface area contributed by atoms with Crippen LogP contribution in [0.4, 0.5) is 11.5 Å². The van der Waals surface area contributed by atoms with Crippen molar-refractivity contribution in [3.05, 3.63) is 64.7 Å². The average molecular weight is 554 g/mol. The molecule has 1 atom stereocenters. The van der Waals surface area contributed by atoms with Crippen LogP contribution in [0.2, 0.25) is 5.02 Å². The second-order valence-corrected chi connectivity index (χ2v) is 13.0. The van der Waals surface area contributed by atoms with Crippen LogP contribution in [0.25, 0.3) is 10.8 Å². The highest BCUT2D eigenvalue weighted by atomic mass is 35.5. The zero-order chi connectivity index (χ0) is 26.4. The van der Waals surface area contributed by atoms with Gasteiger partial charge in [-0.2, -0.15) is 9.97 Å². The van der Waals surface area contributed by atoms with Crippen molar-refractivity contribution in [1.82, 2.24) is 14.9 Å². The molecule has 0 amide bonds. The third-order valence-corrected chi connectivity index (χ3v) is 10.1. The number of benzene rings is 2. The Labute approximate surface area is 228 Å². The number of halogens is 1. The van der Waals surface area contributed by atoms with E-state index in [1.54, 1.807) is 0 Å². The zero-order valence-corrected chi connectivity index (χ0v) is 23.1. The summed E-state index contributed by atoms with van der Waals surface area (Å²) < 4.78 is 30.8. The summed E-state index contributed by atoms with van der Waals surface area (Å²) in [4.78, 5) is 16.3. The van der Waals surface area contributed by atoms with Gasteiger partial charge in [0, 0.05) is 47.7 Å². The quantitative estimate of drug-likeness (QED) is 0.433. The molecule has 4 heterocycles. The van der Waals surface area contributed by atoms with Gasteiger partial charge in [-0.25, -0.2) is 8.42 Å². The molecule has 200 valence electrons. The van der Waals surface area contributed by atoms with Crippen LogP contribution >= 0.6 is 11.6 Å². The van der Waals surface area contributed by atoms with E-state index < -0.39 is 15.1 Å². The van der Waals surface area contributed by atoms with E-state index in [-0.39, 0.29) is 0 Å². The number of likely N-dealkylation sites (N-methyl/N-ethyl adjacent to an activating group) is 1. The first kappa shape index (κ1) is 25.4. The third kappa shape index (κ3) is 4.61. The molecule has 0 saturated carbocycles. The van der Waals surface area contributed by atoms with Crippen molar-refractivity contribution in [3.8, 4) is 6.01 Å². The summed E-state index contributed by atoms with van der Waals surface area (Å²) >= 11 is 6.64. The van der Waals surface area contributed by atoms with E-state index in [2.05, 4.69) is 47.7 Å². The fraction of sp³-hybridized carbons (Fsp3) is 0.429. The molecule has 0 spiro atoms. The lowest BCUT2D eigenvalue weighted by molar-refractivity contribution is 0.187. The molecule has 2 saturated heterocycles. The molecule has 3 aromatic rings. The number of ether oxygens (including phenoxy) is 1. The van der Waals surface area contributed by atoms with Crippen LogP contribution in [0.5, 0.6) is 6.01 Å². The van der Waals surface area contributed by atoms with Gasteiger partial charge < -0.3 is 19.4 Å². The molecule has 1 unspecified atom stereocenters. The normalized spacial score (nSPS) is 20.4. The highest BCUT2D eigenvalue weighted by Crippen LogP contribution is 2.38. The van der Waals surface area contributed by atoms with E-state index in [0.29, 0.717) is 38.3 Å². The standard InChI is InChI=1S/C28H32ClN5O3S/c1-3-38(35,36)21-15-34(16-21)27-22-12-14-33(25-11-5-8-19-7-4-10-23(29)26(19)25)17-24(22)30-28(31-27)37-18-20-9-6-13-32(20)2/h3-5,7-8,10-11,20-21H,1,6,9,12-18H2,2H3. The van der Waals surface area contributed by atoms with Crippen LogP contribution in [0.3, 0.4) is 0 Å². The molecule has 2 fully saturated rings. The van der Waals surface area contributed by atoms with Gasteiger partial charge in [-0.3, -0.25) is 0 Å². The van der Waals surface area contributed by atoms with E-state index in [1.165, 1.54) is 0 Å². The molecule has 3 aliphatic rings. The Morgan fingerprint density at radius 1 is 1.13 bits per heavy atom. The molecule has 0 bridgehead atoms. The monoisotopic (exact) mass is 553 g/mol. The van der Waals surface area contributed by atoms with Gasteiger partial charge in [-0.05, 0) is 50.4 Å². The van der Waals surface area contributed by atoms with Crippen molar-refractivity contribution < 1.29 is 13.2 Å². The molecule has 8 nitrogen and oxygen atoms in total. The Morgan fingerprint density at radius 3 is 2.66 bits per heavy atom. The van der Waals surface area contributed by atoms with Crippen molar-refractivity contribution >= 4 is 43.7 Å². The molecule has 0 radical (unpaired) electrons. The van der Waals surface area contributed by atoms with Gasteiger partial charge in [0.25, 0.3) is 0 Å². The maximum absolute atomic E-state index is 12.3. The number of fused-ring (bicyclic) bond motifs is 2. The first-order chi connectivity index (χ1) is 18.3. The van der Waals surface area contributed by atoms with E-state index in [0.717, 1.165) is 76.3 Å². The van der Waals surface area contributed by atoms with Crippen LogP contribution in [0, 0.1) is 0 Å². The second kappa shape index (κ2) is 10.0. The van der Waals surface area contributed by atoms with Crippen molar-refractivity contribution in [1.29, 1.82) is 0 Å². The van der Waals surface area contributed by atoms with Crippen molar-refractivity contribution in [2.24, 2.45) is 0 Å². The van der Waals surface area contributed by atoms with Gasteiger partial charge in [-0.15, -0.1) is 0 Å². The van der Waals surface area contributed by atoms with Gasteiger partial charge in [0.1, 0.15) is 17.7 Å². The smallest absolute Gasteiger partial charge is 0.318 e. The Morgan fingerprint density at radius 2 is 1.92 bits per heavy atom. The Balaban J connectivity index is 1.32. The number of aromatic nitrogens is 2. The minimum atomic E-state index is -3.31. The lowest BCUT2D eigenvalue weighted by Crippen LogP contribution is -2.55. The number of rotatable bonds is 7. The predicted molar refractivity (Wildman–Crippen MR) is 152 cm³/mol. The number of hydrogen-bond donors (Lipinski definition) is 0. The molecule has 38 heavy (non-hydrogen) atoms. The number of anilines is 2. The van der Waals surface area contributed by atoms with Crippen molar-refractivity contribution in [2.75, 3.05) is 49.6 Å². The Bertz CT molecular complexity index is 1490. The second-order valence-electron chi connectivity index (χ2n) is 10.4. The van der Waals surface area contributed by atoms with Crippen molar-refractivity contribution in [3.63, 3.8) is 0 Å². The third-order valence-electron chi connectivity index (χ3n) is 8.12. The summed E-state index contributed by atoms with van der Waals surface area (Å²) in [5.74, 6) is 0.788. The minimum Gasteiger partial charge on any atom is -0.462 e. The van der Waals surface area contributed by atoms with Crippen LogP contribution in [-0.4, -0.2) is 74.4 Å². The largest absolute Gasteiger partial charge is 0.462 e. The summed E-state index contributed by atoms with van der Waals surface area (Å²) in [7, 11) is -1.19. The van der Waals surface area contributed by atoms with Crippen molar-refractivity contribution in [2.45, 2.75) is 37.1 Å². The maximum atomic E-state index is 12.3. The summed E-state index contributed by atoms with van der Waals surface area (Å²) in [6.07, 6.45) is 3.00. The minimum absolute atomic E-state index is 0.346. The molecule has 3 aliphatic heterocycles. The number of nitrogens with zero attached hydrogens (tertiary/aromatic N) is 5. The first-order valence-electron chi connectivity index (χ1n) is 13.1. The molecule has 6 rings (SSSR count). The lowest BCUT2D eigenvalue weighted by Gasteiger charge is -2.41. The van der Waals surface area contributed by atoms with E-state index in [4.69, 9.17) is 26.3 Å². The van der Waals surface area contributed by atoms with Crippen LogP contribution in [-0.2, 0) is 22.8 Å². The molecule has 2 aromatic carbocycles. The summed E-state index contributed by atoms with van der Waals surface area (Å²) in [6.45, 7) is 7.24. The van der Waals surface area contributed by atoms with Gasteiger partial charge >= 0.3 is 6.01 Å². The Kier molecular flexibility index (Phi) is 6.70. The van der Waals surface area contributed by atoms with Crippen LogP contribution in [0.1, 0.15) is 24.1 Å². The molecular weight excluding hydrogens is 522 g/mol. The SMILES string of the molecule is C=CS(=O)(=O)C1CN(c2nc(OCC3CCCN3C)nc3c2CCN(c2cccc4cccc(Cl)c24)C3)C1. The highest BCUT2D eigenvalue weighted by molar-refractivity contribution is 7.95. The maximum Gasteiger partial charge on any atom is 0.318 e. The molecule has 10 heteroatoms. The van der Waals surface area contributed by atoms with Gasteiger partial charge in [-0.1, -0.05) is 42.4 Å². The summed E-state index contributed by atoms with van der Waals surface area (Å²) in [5.41, 5.74) is 3.05. The zero-order valence-electron chi connectivity index (χ0n) is 21.5. The fourth-order valence-electron chi connectivity index (χ4n) is 5.78. The van der Waals surface area contributed by atoms with E-state index in [1.807, 2.05) is 17.0 Å². The molecule has 0 aliphatic carbocycles. The molecule has 0 N–H and O–H groups in total. The van der Waals surface area contributed by atoms with E-state index >= 15 is 0 Å². The topological polar surface area (TPSA) is 78.9 Å². The van der Waals surface area contributed by atoms with Gasteiger partial charge in [0.2, 0.25) is 0 Å². The fourth-order valence-corrected chi connectivity index (χ4v) is 7.10. The average Bonchev–Trinajstić information content (AvgIpc) is 3.30. The summed E-state index contributed by atoms with van der Waals surface area (Å²) in [6, 6.07) is 12.9. The Hall–Kier alpha value is -2.88. The first-order valence-corrected chi connectivity index (χ1v) is 15.1. The van der Waals surface area contributed by atoms with Gasteiger partial charge in [0.05, 0.1) is 17.3 Å². The number of sulfone groups is 1. The predicted octanol–water partition coefficient (Wildman–Crippen LogP) is 4.07. The molecular formula is C28H32ClN5O3S. The van der Waals surface area contributed by atoms with E-state index in [9.17, 15) is 8.42 Å². The molecule has 1 aromatic heterocycles.